The molecule has 0 atom stereocenters. The summed E-state index contributed by atoms with van der Waals surface area (Å²) in [6, 6.07) is 9.51. The third kappa shape index (κ3) is 3.82. The summed E-state index contributed by atoms with van der Waals surface area (Å²) in [4.78, 5) is 4.68. The van der Waals surface area contributed by atoms with Crippen LogP contribution in [0.5, 0.6) is 23.0 Å². The Hall–Kier alpha value is -2.40. The molecule has 25 heavy (non-hydrogen) atoms. The first-order valence-electron chi connectivity index (χ1n) is 7.80. The highest BCUT2D eigenvalue weighted by Gasteiger charge is 2.18. The van der Waals surface area contributed by atoms with Crippen LogP contribution in [0.2, 0.25) is 0 Å². The fourth-order valence-corrected chi connectivity index (χ4v) is 2.98. The monoisotopic (exact) mass is 363 g/mol. The zero-order valence-corrected chi connectivity index (χ0v) is 15.4. The van der Waals surface area contributed by atoms with E-state index in [1.807, 2.05) is 24.3 Å². The molecule has 0 saturated carbocycles. The van der Waals surface area contributed by atoms with E-state index in [-0.39, 0.29) is 18.2 Å². The molecule has 1 heterocycles. The summed E-state index contributed by atoms with van der Waals surface area (Å²) in [6.07, 6.45) is 1.50. The molecular weight excluding hydrogens is 342 g/mol. The number of hydrogen-bond acceptors (Lipinski definition) is 5. The first kappa shape index (κ1) is 18.9. The van der Waals surface area contributed by atoms with Gasteiger partial charge in [0.05, 0.1) is 21.3 Å². The Morgan fingerprint density at radius 2 is 1.68 bits per heavy atom. The highest BCUT2D eigenvalue weighted by molar-refractivity contribution is 6.04. The van der Waals surface area contributed by atoms with Crippen LogP contribution in [0.15, 0.2) is 35.3 Å². The van der Waals surface area contributed by atoms with Crippen molar-refractivity contribution >= 4 is 18.1 Å². The first-order chi connectivity index (χ1) is 11.7. The fourth-order valence-electron chi connectivity index (χ4n) is 2.98. The number of hydrogen-bond donors (Lipinski definition) is 1. The van der Waals surface area contributed by atoms with Crippen molar-refractivity contribution in [3.05, 3.63) is 47.0 Å². The van der Waals surface area contributed by atoms with Gasteiger partial charge in [0, 0.05) is 24.2 Å². The van der Waals surface area contributed by atoms with Gasteiger partial charge in [0.25, 0.3) is 0 Å². The van der Waals surface area contributed by atoms with Crippen molar-refractivity contribution in [3.8, 4) is 23.0 Å². The molecule has 1 aliphatic heterocycles. The number of ether oxygens (including phenoxy) is 3. The number of methoxy groups -OCH3 is 3. The summed E-state index contributed by atoms with van der Waals surface area (Å²) >= 11 is 0. The Morgan fingerprint density at radius 3 is 2.36 bits per heavy atom. The summed E-state index contributed by atoms with van der Waals surface area (Å²) in [7, 11) is 4.80. The third-order valence-corrected chi connectivity index (χ3v) is 4.22. The van der Waals surface area contributed by atoms with E-state index in [4.69, 9.17) is 14.2 Å². The zero-order chi connectivity index (χ0) is 17.1. The molecule has 1 N–H and O–H groups in total. The van der Waals surface area contributed by atoms with Gasteiger partial charge >= 0.3 is 0 Å². The highest BCUT2D eigenvalue weighted by atomic mass is 35.5. The molecule has 134 valence electrons. The van der Waals surface area contributed by atoms with Gasteiger partial charge in [-0.1, -0.05) is 6.07 Å². The normalized spacial score (nSPS) is 12.5. The lowest BCUT2D eigenvalue weighted by Crippen LogP contribution is -2.15. The number of phenols is 1. The molecule has 0 saturated heterocycles. The van der Waals surface area contributed by atoms with Gasteiger partial charge in [0.15, 0.2) is 23.0 Å². The van der Waals surface area contributed by atoms with Gasteiger partial charge in [-0.2, -0.15) is 0 Å². The van der Waals surface area contributed by atoms with Gasteiger partial charge in [0.1, 0.15) is 0 Å². The first-order valence-corrected chi connectivity index (χ1v) is 7.80. The van der Waals surface area contributed by atoms with Gasteiger partial charge in [-0.15, -0.1) is 12.4 Å². The smallest absolute Gasteiger partial charge is 0.161 e. The molecule has 0 aliphatic carbocycles. The van der Waals surface area contributed by atoms with Crippen molar-refractivity contribution in [2.75, 3.05) is 27.9 Å². The molecule has 0 spiro atoms. The van der Waals surface area contributed by atoms with E-state index >= 15 is 0 Å². The molecule has 3 rings (SSSR count). The second-order valence-electron chi connectivity index (χ2n) is 5.63. The van der Waals surface area contributed by atoms with Gasteiger partial charge in [-0.05, 0) is 41.8 Å². The maximum atomic E-state index is 9.97. The van der Waals surface area contributed by atoms with Crippen LogP contribution >= 0.6 is 12.4 Å². The van der Waals surface area contributed by atoms with Crippen LogP contribution in [0, 0.1) is 0 Å². The molecule has 0 fully saturated rings. The average molecular weight is 364 g/mol. The number of aliphatic imine (C=N–C) groups is 1. The Labute approximate surface area is 153 Å². The van der Waals surface area contributed by atoms with Crippen molar-refractivity contribution in [1.29, 1.82) is 0 Å². The van der Waals surface area contributed by atoms with Crippen molar-refractivity contribution < 1.29 is 19.3 Å². The van der Waals surface area contributed by atoms with Gasteiger partial charge in [-0.25, -0.2) is 0 Å². The fraction of sp³-hybridized carbons (Fsp3) is 0.316. The Balaban J connectivity index is 0.00000225. The number of benzene rings is 2. The topological polar surface area (TPSA) is 60.3 Å². The second kappa shape index (κ2) is 8.12. The average Bonchev–Trinajstić information content (AvgIpc) is 2.61. The predicted octanol–water partition coefficient (Wildman–Crippen LogP) is 3.43. The minimum atomic E-state index is 0. The van der Waals surface area contributed by atoms with Gasteiger partial charge in [-0.3, -0.25) is 4.99 Å². The zero-order valence-electron chi connectivity index (χ0n) is 14.5. The molecule has 6 heteroatoms. The van der Waals surface area contributed by atoms with Crippen molar-refractivity contribution in [2.45, 2.75) is 12.8 Å². The van der Waals surface area contributed by atoms with Crippen LogP contribution in [0.4, 0.5) is 0 Å². The van der Waals surface area contributed by atoms with Crippen LogP contribution in [0.3, 0.4) is 0 Å². The number of aromatic hydroxyl groups is 1. The minimum absolute atomic E-state index is 0. The number of halogens is 1. The van der Waals surface area contributed by atoms with Gasteiger partial charge < -0.3 is 19.3 Å². The van der Waals surface area contributed by atoms with E-state index in [0.29, 0.717) is 23.7 Å². The summed E-state index contributed by atoms with van der Waals surface area (Å²) in [5.74, 6) is 2.05. The van der Waals surface area contributed by atoms with E-state index in [2.05, 4.69) is 4.99 Å². The van der Waals surface area contributed by atoms with E-state index in [1.54, 1.807) is 27.4 Å². The summed E-state index contributed by atoms with van der Waals surface area (Å²) in [5.41, 5.74) is 4.21. The van der Waals surface area contributed by atoms with E-state index in [1.165, 1.54) is 0 Å². The van der Waals surface area contributed by atoms with Crippen LogP contribution in [-0.2, 0) is 12.8 Å². The van der Waals surface area contributed by atoms with Crippen molar-refractivity contribution in [3.63, 3.8) is 0 Å². The summed E-state index contributed by atoms with van der Waals surface area (Å²) in [5, 5.41) is 9.97. The molecule has 2 aromatic rings. The van der Waals surface area contributed by atoms with Crippen LogP contribution in [0.1, 0.15) is 16.7 Å². The maximum Gasteiger partial charge on any atom is 0.161 e. The number of phenolic OH excluding ortho intramolecular Hbond substituents is 1. The molecular formula is C19H22ClNO4. The van der Waals surface area contributed by atoms with Crippen LogP contribution < -0.4 is 14.2 Å². The lowest BCUT2D eigenvalue weighted by Gasteiger charge is -2.19. The summed E-state index contributed by atoms with van der Waals surface area (Å²) < 4.78 is 15.9. The van der Waals surface area contributed by atoms with E-state index < -0.39 is 0 Å². The molecule has 5 nitrogen and oxygen atoms in total. The Kier molecular flexibility index (Phi) is 6.15. The largest absolute Gasteiger partial charge is 0.504 e. The van der Waals surface area contributed by atoms with Gasteiger partial charge in [0.2, 0.25) is 0 Å². The summed E-state index contributed by atoms with van der Waals surface area (Å²) in [6.45, 7) is 0.724. The molecule has 0 aromatic heterocycles. The number of fused-ring (bicyclic) bond motifs is 1. The molecule has 0 radical (unpaired) electrons. The highest BCUT2D eigenvalue weighted by Crippen LogP contribution is 2.33. The van der Waals surface area contributed by atoms with E-state index in [9.17, 15) is 5.11 Å². The van der Waals surface area contributed by atoms with Crippen LogP contribution in [-0.4, -0.2) is 38.7 Å². The van der Waals surface area contributed by atoms with Crippen molar-refractivity contribution in [1.82, 2.24) is 0 Å². The predicted molar refractivity (Wildman–Crippen MR) is 100 cm³/mol. The lowest BCUT2D eigenvalue weighted by atomic mass is 9.93. The van der Waals surface area contributed by atoms with E-state index in [0.717, 1.165) is 35.4 Å². The third-order valence-electron chi connectivity index (χ3n) is 4.22. The molecule has 0 bridgehead atoms. The molecule has 1 aliphatic rings. The Bertz CT molecular complexity index is 789. The SMILES string of the molecule is COc1cc2c(cc1O)CCN=C2Cc1ccc(OC)c(OC)c1.Cl. The number of rotatable bonds is 5. The quantitative estimate of drug-likeness (QED) is 0.884. The Morgan fingerprint density at radius 1 is 0.960 bits per heavy atom. The van der Waals surface area contributed by atoms with Crippen molar-refractivity contribution in [2.24, 2.45) is 4.99 Å². The maximum absolute atomic E-state index is 9.97. The standard InChI is InChI=1S/C19H21NO4.ClH/c1-22-17-5-4-12(9-19(17)24-3)8-15-14-11-18(23-2)16(21)10-13(14)6-7-20-15;/h4-5,9-11,21H,6-8H2,1-3H3;1H. The molecule has 0 amide bonds. The minimum Gasteiger partial charge on any atom is -0.504 e. The second-order valence-corrected chi connectivity index (χ2v) is 5.63. The number of nitrogens with zero attached hydrogens (tertiary/aromatic N) is 1. The van der Waals surface area contributed by atoms with Crippen LogP contribution in [0.25, 0.3) is 0 Å². The molecule has 0 unspecified atom stereocenters. The lowest BCUT2D eigenvalue weighted by molar-refractivity contribution is 0.354. The molecule has 2 aromatic carbocycles.